The quantitative estimate of drug-likeness (QED) is 0.330. The molecule has 0 bridgehead atoms. The highest BCUT2D eigenvalue weighted by molar-refractivity contribution is 7.89. The molecule has 0 radical (unpaired) electrons. The number of rotatable bonds is 8. The molecule has 35 heavy (non-hydrogen) atoms. The first-order valence-electron chi connectivity index (χ1n) is 10.3. The summed E-state index contributed by atoms with van der Waals surface area (Å²) >= 11 is 1.08. The summed E-state index contributed by atoms with van der Waals surface area (Å²) in [4.78, 5) is 29.1. The van der Waals surface area contributed by atoms with Crippen molar-refractivity contribution in [3.8, 4) is 5.75 Å². The summed E-state index contributed by atoms with van der Waals surface area (Å²) in [5, 5.41) is 12.1. The molecule has 11 heteroatoms. The third-order valence-electron chi connectivity index (χ3n) is 4.74. The minimum absolute atomic E-state index is 0.100. The van der Waals surface area contributed by atoms with E-state index in [0.29, 0.717) is 18.0 Å². The first-order chi connectivity index (χ1) is 16.8. The van der Waals surface area contributed by atoms with Crippen LogP contribution in [0.15, 0.2) is 89.1 Å². The normalized spacial score (nSPS) is 11.0. The number of nitrogens with one attached hydrogen (secondary N) is 2. The molecule has 4 N–H and O–H groups in total. The molecular formula is C24H20N4O5S2. The number of carbonyl (C=O) groups excluding carboxylic acids is 2. The maximum Gasteiger partial charge on any atom is 0.275 e. The fraction of sp³-hybridized carbons (Fsp3) is 0.0417. The lowest BCUT2D eigenvalue weighted by Crippen LogP contribution is -2.15. The van der Waals surface area contributed by atoms with Crippen LogP contribution in [0.5, 0.6) is 5.75 Å². The van der Waals surface area contributed by atoms with Crippen LogP contribution in [0.4, 0.5) is 10.8 Å². The third-order valence-corrected chi connectivity index (χ3v) is 6.43. The highest BCUT2D eigenvalue weighted by atomic mass is 32.2. The average Bonchev–Trinajstić information content (AvgIpc) is 3.32. The number of anilines is 2. The van der Waals surface area contributed by atoms with Crippen molar-refractivity contribution in [2.45, 2.75) is 11.5 Å². The van der Waals surface area contributed by atoms with Gasteiger partial charge in [-0.3, -0.25) is 14.9 Å². The molecule has 0 saturated heterocycles. The predicted molar refractivity (Wildman–Crippen MR) is 133 cm³/mol. The van der Waals surface area contributed by atoms with Crippen molar-refractivity contribution in [1.82, 2.24) is 4.98 Å². The van der Waals surface area contributed by atoms with Crippen LogP contribution in [0, 0.1) is 0 Å². The second-order valence-corrected chi connectivity index (χ2v) is 9.74. The number of nitrogens with zero attached hydrogens (tertiary/aromatic N) is 1. The molecule has 0 saturated carbocycles. The number of sulfonamides is 1. The maximum absolute atomic E-state index is 12.6. The first kappa shape index (κ1) is 24.1. The lowest BCUT2D eigenvalue weighted by atomic mass is 10.2. The average molecular weight is 509 g/mol. The summed E-state index contributed by atoms with van der Waals surface area (Å²) in [6.45, 7) is 0.401. The number of amides is 2. The Morgan fingerprint density at radius 3 is 2.37 bits per heavy atom. The van der Waals surface area contributed by atoms with Gasteiger partial charge in [-0.25, -0.2) is 18.5 Å². The number of nitrogens with two attached hydrogens (primary N) is 1. The number of carbonyl (C=O) groups is 2. The van der Waals surface area contributed by atoms with Crippen LogP contribution in [-0.2, 0) is 16.6 Å². The Balaban J connectivity index is 1.35. The Labute approximate surface area is 205 Å². The van der Waals surface area contributed by atoms with E-state index in [1.54, 1.807) is 24.3 Å². The van der Waals surface area contributed by atoms with E-state index < -0.39 is 21.8 Å². The van der Waals surface area contributed by atoms with E-state index in [4.69, 9.17) is 9.88 Å². The van der Waals surface area contributed by atoms with Crippen LogP contribution in [0.2, 0.25) is 0 Å². The van der Waals surface area contributed by atoms with Crippen molar-refractivity contribution < 1.29 is 22.7 Å². The Hall–Kier alpha value is -4.06. The molecule has 3 aromatic carbocycles. The van der Waals surface area contributed by atoms with Gasteiger partial charge >= 0.3 is 0 Å². The van der Waals surface area contributed by atoms with Gasteiger partial charge < -0.3 is 10.1 Å². The van der Waals surface area contributed by atoms with Crippen LogP contribution >= 0.6 is 11.3 Å². The standard InChI is InChI=1S/C24H20N4O5S2/c25-35(31,32)20-11-9-17(10-12-20)22(29)28-24-27-21(15-34-24)23(30)26-18-7-4-8-19(13-18)33-14-16-5-2-1-3-6-16/h1-13,15H,14H2,(H,26,30)(H2,25,31,32)(H,27,28,29). The van der Waals surface area contributed by atoms with Crippen molar-refractivity contribution in [3.63, 3.8) is 0 Å². The molecule has 4 aromatic rings. The molecule has 4 rings (SSSR count). The van der Waals surface area contributed by atoms with Crippen LogP contribution in [0.3, 0.4) is 0 Å². The van der Waals surface area contributed by atoms with Gasteiger partial charge in [0.2, 0.25) is 10.0 Å². The number of hydrogen-bond acceptors (Lipinski definition) is 7. The highest BCUT2D eigenvalue weighted by Gasteiger charge is 2.15. The summed E-state index contributed by atoms with van der Waals surface area (Å²) in [5.74, 6) is -0.346. The molecule has 178 valence electrons. The summed E-state index contributed by atoms with van der Waals surface area (Å²) in [6, 6.07) is 21.9. The van der Waals surface area contributed by atoms with Gasteiger partial charge in [0.25, 0.3) is 11.8 Å². The van der Waals surface area contributed by atoms with Crippen LogP contribution in [-0.4, -0.2) is 25.2 Å². The monoisotopic (exact) mass is 508 g/mol. The van der Waals surface area contributed by atoms with E-state index in [0.717, 1.165) is 16.9 Å². The second-order valence-electron chi connectivity index (χ2n) is 7.32. The molecule has 0 aliphatic rings. The molecule has 1 aromatic heterocycles. The van der Waals surface area contributed by atoms with Crippen molar-refractivity contribution in [2.24, 2.45) is 5.14 Å². The lowest BCUT2D eigenvalue weighted by molar-refractivity contribution is 0.101. The van der Waals surface area contributed by atoms with Crippen LogP contribution in [0.25, 0.3) is 0 Å². The fourth-order valence-electron chi connectivity index (χ4n) is 3.00. The number of primary sulfonamides is 1. The van der Waals surface area contributed by atoms with Crippen molar-refractivity contribution >= 4 is 44.0 Å². The Morgan fingerprint density at radius 2 is 1.66 bits per heavy atom. The number of benzene rings is 3. The van der Waals surface area contributed by atoms with E-state index in [2.05, 4.69) is 15.6 Å². The van der Waals surface area contributed by atoms with E-state index in [1.165, 1.54) is 29.6 Å². The van der Waals surface area contributed by atoms with Crippen LogP contribution < -0.4 is 20.5 Å². The molecule has 0 aliphatic heterocycles. The zero-order valence-electron chi connectivity index (χ0n) is 18.2. The van der Waals surface area contributed by atoms with Gasteiger partial charge in [-0.15, -0.1) is 11.3 Å². The summed E-state index contributed by atoms with van der Waals surface area (Å²) in [6.07, 6.45) is 0. The molecule has 0 atom stereocenters. The van der Waals surface area contributed by atoms with Gasteiger partial charge in [0.1, 0.15) is 18.1 Å². The van der Waals surface area contributed by atoms with Gasteiger partial charge in [0.15, 0.2) is 5.13 Å². The minimum Gasteiger partial charge on any atom is -0.489 e. The predicted octanol–water partition coefficient (Wildman–Crippen LogP) is 3.87. The lowest BCUT2D eigenvalue weighted by Gasteiger charge is -2.09. The molecule has 1 heterocycles. The molecular weight excluding hydrogens is 488 g/mol. The van der Waals surface area contributed by atoms with Gasteiger partial charge in [0.05, 0.1) is 4.90 Å². The van der Waals surface area contributed by atoms with Gasteiger partial charge in [-0.1, -0.05) is 36.4 Å². The summed E-state index contributed by atoms with van der Waals surface area (Å²) in [7, 11) is -3.85. The van der Waals surface area contributed by atoms with Crippen molar-refractivity contribution in [1.29, 1.82) is 0 Å². The van der Waals surface area contributed by atoms with Crippen LogP contribution in [0.1, 0.15) is 26.4 Å². The number of thiazole rings is 1. The first-order valence-corrected chi connectivity index (χ1v) is 12.7. The fourth-order valence-corrected chi connectivity index (χ4v) is 4.20. The Morgan fingerprint density at radius 1 is 0.914 bits per heavy atom. The zero-order chi connectivity index (χ0) is 24.8. The van der Waals surface area contributed by atoms with Gasteiger partial charge in [-0.05, 0) is 42.0 Å². The molecule has 0 spiro atoms. The Bertz CT molecular complexity index is 1450. The largest absolute Gasteiger partial charge is 0.489 e. The molecule has 2 amide bonds. The minimum atomic E-state index is -3.85. The summed E-state index contributed by atoms with van der Waals surface area (Å²) < 4.78 is 28.5. The van der Waals surface area contributed by atoms with E-state index >= 15 is 0 Å². The van der Waals surface area contributed by atoms with E-state index in [1.807, 2.05) is 30.3 Å². The summed E-state index contributed by atoms with van der Waals surface area (Å²) in [5.41, 5.74) is 1.91. The number of aromatic nitrogens is 1. The van der Waals surface area contributed by atoms with Crippen molar-refractivity contribution in [2.75, 3.05) is 10.6 Å². The molecule has 0 fully saturated rings. The SMILES string of the molecule is NS(=O)(=O)c1ccc(C(=O)Nc2nc(C(=O)Nc3cccc(OCc4ccccc4)c3)cs2)cc1. The zero-order valence-corrected chi connectivity index (χ0v) is 19.8. The van der Waals surface area contributed by atoms with Crippen molar-refractivity contribution in [3.05, 3.63) is 101 Å². The van der Waals surface area contributed by atoms with E-state index in [9.17, 15) is 18.0 Å². The highest BCUT2D eigenvalue weighted by Crippen LogP contribution is 2.21. The number of hydrogen-bond donors (Lipinski definition) is 3. The van der Waals surface area contributed by atoms with Gasteiger partial charge in [0, 0.05) is 22.7 Å². The van der Waals surface area contributed by atoms with E-state index in [-0.39, 0.29) is 21.3 Å². The smallest absolute Gasteiger partial charge is 0.275 e. The Kier molecular flexibility index (Phi) is 7.20. The topological polar surface area (TPSA) is 140 Å². The molecule has 0 unspecified atom stereocenters. The third kappa shape index (κ3) is 6.51. The van der Waals surface area contributed by atoms with Gasteiger partial charge in [-0.2, -0.15) is 0 Å². The molecule has 0 aliphatic carbocycles. The number of ether oxygens (including phenoxy) is 1. The second kappa shape index (κ2) is 10.5. The molecule has 9 nitrogen and oxygen atoms in total. The maximum atomic E-state index is 12.6.